The SMILES string of the molecule is CCCCOC(OCC)OCCCC[O]. The zero-order valence-electron chi connectivity index (χ0n) is 9.87. The molecule has 0 saturated carbocycles. The standard InChI is InChI=1S/C11H23O4/c1-3-5-9-14-11(13-4-2)15-10-7-6-8-12/h11H,3-10H2,1-2H3. The van der Waals surface area contributed by atoms with Crippen molar-refractivity contribution in [2.75, 3.05) is 26.4 Å². The Kier molecular flexibility index (Phi) is 11.8. The summed E-state index contributed by atoms with van der Waals surface area (Å²) < 4.78 is 16.0. The number of hydrogen-bond donors (Lipinski definition) is 0. The van der Waals surface area contributed by atoms with Crippen LogP contribution in [0.1, 0.15) is 39.5 Å². The van der Waals surface area contributed by atoms with E-state index >= 15 is 0 Å². The van der Waals surface area contributed by atoms with Crippen molar-refractivity contribution in [1.29, 1.82) is 0 Å². The molecular formula is C11H23O4. The van der Waals surface area contributed by atoms with Crippen LogP contribution in [0.5, 0.6) is 0 Å². The first-order valence-corrected chi connectivity index (χ1v) is 5.78. The maximum absolute atomic E-state index is 10.2. The maximum Gasteiger partial charge on any atom is 0.271 e. The van der Waals surface area contributed by atoms with Crippen LogP contribution in [0.2, 0.25) is 0 Å². The molecule has 4 nitrogen and oxygen atoms in total. The summed E-state index contributed by atoms with van der Waals surface area (Å²) in [6.07, 6.45) is 3.51. The van der Waals surface area contributed by atoms with E-state index in [1.165, 1.54) is 0 Å². The highest BCUT2D eigenvalue weighted by atomic mass is 16.8. The van der Waals surface area contributed by atoms with Crippen molar-refractivity contribution in [3.63, 3.8) is 0 Å². The molecule has 1 atom stereocenters. The van der Waals surface area contributed by atoms with Crippen LogP contribution in [0.15, 0.2) is 0 Å². The van der Waals surface area contributed by atoms with E-state index in [4.69, 9.17) is 14.2 Å². The van der Waals surface area contributed by atoms with Gasteiger partial charge in [0.25, 0.3) is 6.48 Å². The van der Waals surface area contributed by atoms with Crippen molar-refractivity contribution in [2.45, 2.75) is 46.0 Å². The molecule has 0 heterocycles. The third kappa shape index (κ3) is 10.1. The molecule has 0 rings (SSSR count). The molecule has 91 valence electrons. The van der Waals surface area contributed by atoms with Gasteiger partial charge in [0.05, 0.1) is 19.8 Å². The molecule has 0 bridgehead atoms. The highest BCUT2D eigenvalue weighted by molar-refractivity contribution is 4.37. The molecule has 15 heavy (non-hydrogen) atoms. The van der Waals surface area contributed by atoms with Crippen LogP contribution < -0.4 is 0 Å². The number of unbranched alkanes of at least 4 members (excludes halogenated alkanes) is 2. The molecule has 0 aromatic rings. The average Bonchev–Trinajstić information content (AvgIpc) is 2.24. The maximum atomic E-state index is 10.2. The summed E-state index contributed by atoms with van der Waals surface area (Å²) in [6, 6.07) is 0. The Bertz CT molecular complexity index is 119. The van der Waals surface area contributed by atoms with Crippen LogP contribution >= 0.6 is 0 Å². The second-order valence-corrected chi connectivity index (χ2v) is 3.25. The fourth-order valence-electron chi connectivity index (χ4n) is 0.988. The minimum Gasteiger partial charge on any atom is -0.330 e. The lowest BCUT2D eigenvalue weighted by molar-refractivity contribution is -0.286. The molecule has 0 aliphatic carbocycles. The summed E-state index contributed by atoms with van der Waals surface area (Å²) in [6.45, 7) is 5.15. The Morgan fingerprint density at radius 2 is 1.60 bits per heavy atom. The van der Waals surface area contributed by atoms with Gasteiger partial charge < -0.3 is 14.2 Å². The van der Waals surface area contributed by atoms with Crippen LogP contribution in [-0.2, 0) is 19.3 Å². The topological polar surface area (TPSA) is 47.6 Å². The molecule has 4 heteroatoms. The van der Waals surface area contributed by atoms with Gasteiger partial charge >= 0.3 is 0 Å². The monoisotopic (exact) mass is 219 g/mol. The Balaban J connectivity index is 3.44. The lowest BCUT2D eigenvalue weighted by Crippen LogP contribution is -2.22. The van der Waals surface area contributed by atoms with Crippen LogP contribution in [-0.4, -0.2) is 32.9 Å². The zero-order chi connectivity index (χ0) is 11.4. The Labute approximate surface area is 92.5 Å². The minimum atomic E-state index is -0.562. The molecule has 0 amide bonds. The van der Waals surface area contributed by atoms with E-state index in [0.29, 0.717) is 26.2 Å². The fraction of sp³-hybridized carbons (Fsp3) is 1.00. The van der Waals surface area contributed by atoms with E-state index in [2.05, 4.69) is 6.92 Å². The van der Waals surface area contributed by atoms with Gasteiger partial charge in [-0.15, -0.1) is 0 Å². The van der Waals surface area contributed by atoms with Gasteiger partial charge in [-0.05, 0) is 26.2 Å². The number of ether oxygens (including phenoxy) is 3. The smallest absolute Gasteiger partial charge is 0.271 e. The first kappa shape index (κ1) is 14.8. The zero-order valence-corrected chi connectivity index (χ0v) is 9.87. The summed E-state index contributed by atoms with van der Waals surface area (Å²) in [4.78, 5) is 0. The molecule has 0 saturated heterocycles. The van der Waals surface area contributed by atoms with Gasteiger partial charge in [0.2, 0.25) is 0 Å². The molecule has 0 aliphatic rings. The first-order valence-electron chi connectivity index (χ1n) is 5.78. The van der Waals surface area contributed by atoms with Crippen LogP contribution in [0.3, 0.4) is 0 Å². The molecule has 0 N–H and O–H groups in total. The normalized spacial score (nSPS) is 13.0. The van der Waals surface area contributed by atoms with E-state index in [1.54, 1.807) is 0 Å². The van der Waals surface area contributed by atoms with Crippen molar-refractivity contribution in [2.24, 2.45) is 0 Å². The third-order valence-corrected chi connectivity index (χ3v) is 1.85. The Morgan fingerprint density at radius 3 is 2.13 bits per heavy atom. The molecule has 0 aromatic carbocycles. The van der Waals surface area contributed by atoms with E-state index in [9.17, 15) is 5.11 Å². The number of hydrogen-bond acceptors (Lipinski definition) is 3. The Morgan fingerprint density at radius 1 is 0.933 bits per heavy atom. The van der Waals surface area contributed by atoms with Crippen LogP contribution in [0, 0.1) is 0 Å². The minimum absolute atomic E-state index is 0.0423. The molecule has 0 fully saturated rings. The van der Waals surface area contributed by atoms with Crippen molar-refractivity contribution in [3.05, 3.63) is 0 Å². The van der Waals surface area contributed by atoms with Gasteiger partial charge in [0, 0.05) is 6.61 Å². The van der Waals surface area contributed by atoms with Crippen LogP contribution in [0.4, 0.5) is 0 Å². The van der Waals surface area contributed by atoms with Gasteiger partial charge in [-0.1, -0.05) is 13.3 Å². The van der Waals surface area contributed by atoms with E-state index in [1.807, 2.05) is 6.92 Å². The summed E-state index contributed by atoms with van der Waals surface area (Å²) in [5.41, 5.74) is 0. The van der Waals surface area contributed by atoms with Crippen molar-refractivity contribution >= 4 is 0 Å². The lowest BCUT2D eigenvalue weighted by atomic mass is 10.3. The van der Waals surface area contributed by atoms with E-state index in [0.717, 1.165) is 19.3 Å². The van der Waals surface area contributed by atoms with Crippen LogP contribution in [0.25, 0.3) is 0 Å². The highest BCUT2D eigenvalue weighted by Crippen LogP contribution is 2.02. The predicted molar refractivity (Wildman–Crippen MR) is 57.0 cm³/mol. The van der Waals surface area contributed by atoms with E-state index in [-0.39, 0.29) is 6.61 Å². The largest absolute Gasteiger partial charge is 0.330 e. The van der Waals surface area contributed by atoms with Crippen molar-refractivity contribution in [1.82, 2.24) is 0 Å². The van der Waals surface area contributed by atoms with Crippen molar-refractivity contribution < 1.29 is 19.3 Å². The Hall–Kier alpha value is -0.160. The second-order valence-electron chi connectivity index (χ2n) is 3.25. The van der Waals surface area contributed by atoms with Gasteiger partial charge in [-0.3, -0.25) is 0 Å². The molecular weight excluding hydrogens is 196 g/mol. The third-order valence-electron chi connectivity index (χ3n) is 1.85. The molecule has 0 aromatic heterocycles. The predicted octanol–water partition coefficient (Wildman–Crippen LogP) is 2.35. The van der Waals surface area contributed by atoms with Crippen molar-refractivity contribution in [3.8, 4) is 0 Å². The van der Waals surface area contributed by atoms with Gasteiger partial charge in [-0.25, -0.2) is 5.11 Å². The summed E-state index contributed by atoms with van der Waals surface area (Å²) in [5, 5.41) is 10.2. The number of rotatable bonds is 11. The fourth-order valence-corrected chi connectivity index (χ4v) is 0.988. The lowest BCUT2D eigenvalue weighted by Gasteiger charge is -2.17. The second kappa shape index (κ2) is 11.9. The van der Waals surface area contributed by atoms with Gasteiger partial charge in [0.1, 0.15) is 0 Å². The first-order chi connectivity index (χ1) is 7.35. The summed E-state index contributed by atoms with van der Waals surface area (Å²) >= 11 is 0. The molecule has 1 unspecified atom stereocenters. The highest BCUT2D eigenvalue weighted by Gasteiger charge is 2.07. The van der Waals surface area contributed by atoms with Gasteiger partial charge in [-0.2, -0.15) is 0 Å². The van der Waals surface area contributed by atoms with Gasteiger partial charge in [0.15, 0.2) is 0 Å². The van der Waals surface area contributed by atoms with E-state index < -0.39 is 6.48 Å². The molecule has 0 spiro atoms. The summed E-state index contributed by atoms with van der Waals surface area (Å²) in [7, 11) is 0. The quantitative estimate of drug-likeness (QED) is 0.396. The summed E-state index contributed by atoms with van der Waals surface area (Å²) in [5.74, 6) is 0. The molecule has 0 aliphatic heterocycles. The molecule has 1 radical (unpaired) electrons. The average molecular weight is 219 g/mol.